The summed E-state index contributed by atoms with van der Waals surface area (Å²) in [6.45, 7) is 1.65. The average Bonchev–Trinajstić information content (AvgIpc) is 2.54. The van der Waals surface area contributed by atoms with Crippen molar-refractivity contribution in [1.29, 1.82) is 0 Å². The Kier molecular flexibility index (Phi) is 5.72. The van der Waals surface area contributed by atoms with E-state index in [-0.39, 0.29) is 12.4 Å². The molecule has 0 aliphatic heterocycles. The van der Waals surface area contributed by atoms with Crippen molar-refractivity contribution in [3.8, 4) is 0 Å². The van der Waals surface area contributed by atoms with Crippen LogP contribution in [0.1, 0.15) is 18.1 Å². The molecule has 0 aliphatic carbocycles. The smallest absolute Gasteiger partial charge is 0.408 e. The van der Waals surface area contributed by atoms with Crippen molar-refractivity contribution < 1.29 is 14.3 Å². The first kappa shape index (κ1) is 15.8. The lowest BCUT2D eigenvalue weighted by atomic mass is 10.0. The van der Waals surface area contributed by atoms with Gasteiger partial charge in [0.1, 0.15) is 6.61 Å². The van der Waals surface area contributed by atoms with Crippen LogP contribution < -0.4 is 5.32 Å². The molecule has 22 heavy (non-hydrogen) atoms. The molecular weight excluding hydrogens is 278 g/mol. The summed E-state index contributed by atoms with van der Waals surface area (Å²) in [4.78, 5) is 23.5. The van der Waals surface area contributed by atoms with Gasteiger partial charge in [-0.05, 0) is 24.5 Å². The van der Waals surface area contributed by atoms with Gasteiger partial charge in [-0.25, -0.2) is 4.79 Å². The number of hydrogen-bond acceptors (Lipinski definition) is 3. The van der Waals surface area contributed by atoms with Crippen molar-refractivity contribution in [3.05, 3.63) is 71.8 Å². The molecule has 0 saturated heterocycles. The zero-order chi connectivity index (χ0) is 15.8. The Labute approximate surface area is 130 Å². The van der Waals surface area contributed by atoms with E-state index in [0.29, 0.717) is 6.42 Å². The van der Waals surface area contributed by atoms with Crippen molar-refractivity contribution in [2.45, 2.75) is 26.0 Å². The van der Waals surface area contributed by atoms with Gasteiger partial charge in [0.25, 0.3) is 0 Å². The van der Waals surface area contributed by atoms with Crippen LogP contribution in [-0.2, 0) is 22.6 Å². The summed E-state index contributed by atoms with van der Waals surface area (Å²) >= 11 is 0. The monoisotopic (exact) mass is 297 g/mol. The number of hydrogen-bond donors (Lipinski definition) is 1. The summed E-state index contributed by atoms with van der Waals surface area (Å²) in [7, 11) is 0. The van der Waals surface area contributed by atoms with E-state index >= 15 is 0 Å². The SMILES string of the molecule is CC(=O)[C@@H](Cc1ccccc1)NC(=O)OCc1ccccc1. The molecule has 2 rings (SSSR count). The first-order chi connectivity index (χ1) is 10.6. The molecule has 1 atom stereocenters. The molecule has 0 unspecified atom stereocenters. The minimum atomic E-state index is -0.583. The van der Waals surface area contributed by atoms with E-state index in [9.17, 15) is 9.59 Å². The average molecular weight is 297 g/mol. The maximum absolute atomic E-state index is 11.8. The van der Waals surface area contributed by atoms with Crippen LogP contribution in [0.25, 0.3) is 0 Å². The topological polar surface area (TPSA) is 55.4 Å². The van der Waals surface area contributed by atoms with E-state index in [4.69, 9.17) is 4.74 Å². The molecule has 0 fully saturated rings. The molecule has 0 saturated carbocycles. The molecule has 1 N–H and O–H groups in total. The lowest BCUT2D eigenvalue weighted by molar-refractivity contribution is -0.118. The largest absolute Gasteiger partial charge is 0.445 e. The Morgan fingerprint density at radius 3 is 2.05 bits per heavy atom. The maximum atomic E-state index is 11.8. The minimum Gasteiger partial charge on any atom is -0.445 e. The third-order valence-corrected chi connectivity index (χ3v) is 3.28. The lowest BCUT2D eigenvalue weighted by Gasteiger charge is -2.16. The molecular formula is C18H19NO3. The number of carbonyl (C=O) groups excluding carboxylic acids is 2. The fourth-order valence-corrected chi connectivity index (χ4v) is 2.05. The molecule has 0 spiro atoms. The number of rotatable bonds is 6. The normalized spacial score (nSPS) is 11.5. The van der Waals surface area contributed by atoms with Crippen LogP contribution >= 0.6 is 0 Å². The Morgan fingerprint density at radius 2 is 1.50 bits per heavy atom. The molecule has 0 aliphatic rings. The number of ether oxygens (including phenoxy) is 1. The van der Waals surface area contributed by atoms with Crippen LogP contribution in [0.5, 0.6) is 0 Å². The number of alkyl carbamates (subject to hydrolysis) is 1. The van der Waals surface area contributed by atoms with Crippen molar-refractivity contribution in [2.24, 2.45) is 0 Å². The number of ketones is 1. The fourth-order valence-electron chi connectivity index (χ4n) is 2.05. The van der Waals surface area contributed by atoms with E-state index in [1.165, 1.54) is 6.92 Å². The Balaban J connectivity index is 1.88. The fraction of sp³-hybridized carbons (Fsp3) is 0.222. The highest BCUT2D eigenvalue weighted by atomic mass is 16.5. The second kappa shape index (κ2) is 7.98. The standard InChI is InChI=1S/C18H19NO3/c1-14(20)17(12-15-8-4-2-5-9-15)19-18(21)22-13-16-10-6-3-7-11-16/h2-11,17H,12-13H2,1H3,(H,19,21)/t17-/m1/s1. The molecule has 0 aromatic heterocycles. The number of amides is 1. The second-order valence-corrected chi connectivity index (χ2v) is 5.06. The van der Waals surface area contributed by atoms with Gasteiger partial charge in [0.05, 0.1) is 6.04 Å². The zero-order valence-electron chi connectivity index (χ0n) is 12.5. The second-order valence-electron chi connectivity index (χ2n) is 5.06. The van der Waals surface area contributed by atoms with E-state index in [1.54, 1.807) is 0 Å². The molecule has 2 aromatic carbocycles. The van der Waals surface area contributed by atoms with Crippen molar-refractivity contribution >= 4 is 11.9 Å². The summed E-state index contributed by atoms with van der Waals surface area (Å²) in [5.41, 5.74) is 1.89. The van der Waals surface area contributed by atoms with Gasteiger partial charge in [-0.15, -0.1) is 0 Å². The van der Waals surface area contributed by atoms with Crippen LogP contribution in [0, 0.1) is 0 Å². The van der Waals surface area contributed by atoms with Crippen LogP contribution in [-0.4, -0.2) is 17.9 Å². The van der Waals surface area contributed by atoms with Crippen LogP contribution in [0.15, 0.2) is 60.7 Å². The summed E-state index contributed by atoms with van der Waals surface area (Å²) < 4.78 is 5.14. The van der Waals surface area contributed by atoms with E-state index in [1.807, 2.05) is 60.7 Å². The molecule has 1 amide bonds. The molecule has 4 heteroatoms. The third-order valence-electron chi connectivity index (χ3n) is 3.28. The first-order valence-electron chi connectivity index (χ1n) is 7.17. The quantitative estimate of drug-likeness (QED) is 0.891. The Hall–Kier alpha value is -2.62. The van der Waals surface area contributed by atoms with Gasteiger partial charge in [0.15, 0.2) is 5.78 Å². The number of nitrogens with one attached hydrogen (secondary N) is 1. The molecule has 0 heterocycles. The van der Waals surface area contributed by atoms with Gasteiger partial charge in [-0.2, -0.15) is 0 Å². The summed E-state index contributed by atoms with van der Waals surface area (Å²) in [5, 5.41) is 2.62. The van der Waals surface area contributed by atoms with Gasteiger partial charge < -0.3 is 10.1 Å². The summed E-state index contributed by atoms with van der Waals surface area (Å²) in [6, 6.07) is 18.4. The predicted octanol–water partition coefficient (Wildman–Crippen LogP) is 3.11. The van der Waals surface area contributed by atoms with E-state index in [2.05, 4.69) is 5.32 Å². The molecule has 2 aromatic rings. The number of benzene rings is 2. The summed E-state index contributed by atoms with van der Waals surface area (Å²) in [6.07, 6.45) is -0.128. The van der Waals surface area contributed by atoms with Gasteiger partial charge >= 0.3 is 6.09 Å². The van der Waals surface area contributed by atoms with E-state index < -0.39 is 12.1 Å². The lowest BCUT2D eigenvalue weighted by Crippen LogP contribution is -2.41. The Morgan fingerprint density at radius 1 is 0.955 bits per heavy atom. The Bertz CT molecular complexity index is 611. The van der Waals surface area contributed by atoms with Gasteiger partial charge in [0.2, 0.25) is 0 Å². The molecule has 114 valence electrons. The first-order valence-corrected chi connectivity index (χ1v) is 7.17. The highest BCUT2D eigenvalue weighted by Gasteiger charge is 2.18. The third kappa shape index (κ3) is 5.05. The van der Waals surface area contributed by atoms with Crippen molar-refractivity contribution in [2.75, 3.05) is 0 Å². The van der Waals surface area contributed by atoms with Crippen LogP contribution in [0.2, 0.25) is 0 Å². The van der Waals surface area contributed by atoms with Crippen LogP contribution in [0.3, 0.4) is 0 Å². The highest BCUT2D eigenvalue weighted by molar-refractivity contribution is 5.85. The molecule has 0 radical (unpaired) electrons. The van der Waals surface area contributed by atoms with E-state index in [0.717, 1.165) is 11.1 Å². The van der Waals surface area contributed by atoms with Gasteiger partial charge in [-0.3, -0.25) is 4.79 Å². The zero-order valence-corrected chi connectivity index (χ0v) is 12.5. The number of Topliss-reactive ketones (excluding diaryl/α,β-unsaturated/α-hetero) is 1. The maximum Gasteiger partial charge on any atom is 0.408 e. The van der Waals surface area contributed by atoms with Gasteiger partial charge in [-0.1, -0.05) is 60.7 Å². The summed E-state index contributed by atoms with van der Waals surface area (Å²) in [5.74, 6) is -0.0967. The number of carbonyl (C=O) groups is 2. The van der Waals surface area contributed by atoms with Crippen molar-refractivity contribution in [1.82, 2.24) is 5.32 Å². The highest BCUT2D eigenvalue weighted by Crippen LogP contribution is 2.05. The predicted molar refractivity (Wildman–Crippen MR) is 84.4 cm³/mol. The minimum absolute atomic E-state index is 0.0967. The van der Waals surface area contributed by atoms with Crippen LogP contribution in [0.4, 0.5) is 4.79 Å². The molecule has 4 nitrogen and oxygen atoms in total. The van der Waals surface area contributed by atoms with Gasteiger partial charge in [0, 0.05) is 0 Å². The van der Waals surface area contributed by atoms with Crippen molar-refractivity contribution in [3.63, 3.8) is 0 Å². The molecule has 0 bridgehead atoms.